The minimum Gasteiger partial charge on any atom is -0.493 e. The molecule has 0 saturated carbocycles. The van der Waals surface area contributed by atoms with E-state index < -0.39 is 11.5 Å². The smallest absolute Gasteiger partial charge is 0.284 e. The van der Waals surface area contributed by atoms with Gasteiger partial charge < -0.3 is 19.4 Å². The van der Waals surface area contributed by atoms with Crippen LogP contribution in [0.1, 0.15) is 16.8 Å². The number of benzene rings is 1. The Balaban J connectivity index is 1.91. The zero-order valence-electron chi connectivity index (χ0n) is 15.6. The number of aromatic amines is 1. The van der Waals surface area contributed by atoms with Gasteiger partial charge in [0.2, 0.25) is 5.88 Å². The summed E-state index contributed by atoms with van der Waals surface area (Å²) in [5.41, 5.74) is 1.02. The van der Waals surface area contributed by atoms with Crippen molar-refractivity contribution in [2.45, 2.75) is 20.1 Å². The topological polar surface area (TPSA) is 133 Å². The molecule has 0 radical (unpaired) electrons. The number of nitriles is 1. The lowest BCUT2D eigenvalue weighted by Crippen LogP contribution is -2.28. The van der Waals surface area contributed by atoms with Crippen molar-refractivity contribution in [1.29, 1.82) is 5.26 Å². The molecule has 0 fully saturated rings. The molecule has 0 aliphatic heterocycles. The zero-order valence-corrected chi connectivity index (χ0v) is 17.1. The Labute approximate surface area is 173 Å². The minimum atomic E-state index is -0.706. The number of H-pyrrole nitrogens is 1. The fourth-order valence-electron chi connectivity index (χ4n) is 2.93. The first-order valence-corrected chi connectivity index (χ1v) is 9.22. The molecule has 1 aromatic carbocycles. The van der Waals surface area contributed by atoms with E-state index in [1.807, 2.05) is 6.07 Å². The molecule has 0 saturated heterocycles. The molecule has 29 heavy (non-hydrogen) atoms. The van der Waals surface area contributed by atoms with Crippen LogP contribution in [0.5, 0.6) is 5.88 Å². The van der Waals surface area contributed by atoms with Gasteiger partial charge in [-0.2, -0.15) is 5.26 Å². The number of carbonyl (C=O) groups is 1. The summed E-state index contributed by atoms with van der Waals surface area (Å²) in [6.45, 7) is 1.38. The van der Waals surface area contributed by atoms with Crippen LogP contribution in [0.4, 0.5) is 5.69 Å². The molecule has 0 atom stereocenters. The number of halogens is 1. The van der Waals surface area contributed by atoms with E-state index in [0.717, 1.165) is 9.04 Å². The van der Waals surface area contributed by atoms with Crippen molar-refractivity contribution < 1.29 is 14.6 Å². The van der Waals surface area contributed by atoms with Crippen LogP contribution in [-0.2, 0) is 22.7 Å². The number of fused-ring (bicyclic) bond motifs is 1. The standard InChI is InChI=1S/C19H16BrN5O4/c1-10-5-11(9-29-2)14(7-21)19(28)25(10)8-16(26)23-24-17-13-6-12(20)3-4-15(13)22-18(17)27/h3-6,22,27H,8-9H2,1-2H3. The highest BCUT2D eigenvalue weighted by Crippen LogP contribution is 2.36. The molecule has 2 aromatic heterocycles. The fraction of sp³-hybridized carbons (Fsp3) is 0.211. The van der Waals surface area contributed by atoms with E-state index >= 15 is 0 Å². The summed E-state index contributed by atoms with van der Waals surface area (Å²) in [6, 6.07) is 8.74. The number of aromatic nitrogens is 2. The molecule has 2 N–H and O–H groups in total. The fourth-order valence-corrected chi connectivity index (χ4v) is 3.29. The summed E-state index contributed by atoms with van der Waals surface area (Å²) >= 11 is 3.34. The molecule has 148 valence electrons. The largest absolute Gasteiger partial charge is 0.493 e. The van der Waals surface area contributed by atoms with Crippen molar-refractivity contribution in [1.82, 2.24) is 9.55 Å². The van der Waals surface area contributed by atoms with E-state index in [1.165, 1.54) is 7.11 Å². The van der Waals surface area contributed by atoms with Gasteiger partial charge in [0.1, 0.15) is 18.2 Å². The third kappa shape index (κ3) is 4.11. The molecule has 3 aromatic rings. The zero-order chi connectivity index (χ0) is 21.1. The third-order valence-corrected chi connectivity index (χ3v) is 4.76. The lowest BCUT2D eigenvalue weighted by atomic mass is 10.1. The van der Waals surface area contributed by atoms with Crippen LogP contribution in [0.15, 0.2) is 43.8 Å². The van der Waals surface area contributed by atoms with Crippen LogP contribution in [0.25, 0.3) is 10.9 Å². The van der Waals surface area contributed by atoms with Gasteiger partial charge >= 0.3 is 0 Å². The quantitative estimate of drug-likeness (QED) is 0.566. The molecule has 0 aliphatic carbocycles. The normalized spacial score (nSPS) is 11.2. The highest BCUT2D eigenvalue weighted by molar-refractivity contribution is 9.10. The van der Waals surface area contributed by atoms with Gasteiger partial charge in [0, 0.05) is 28.2 Å². The molecular weight excluding hydrogens is 442 g/mol. The predicted molar refractivity (Wildman–Crippen MR) is 108 cm³/mol. The number of nitrogens with zero attached hydrogens (tertiary/aromatic N) is 4. The van der Waals surface area contributed by atoms with Crippen LogP contribution in [0.2, 0.25) is 0 Å². The Morgan fingerprint density at radius 3 is 2.86 bits per heavy atom. The molecule has 0 aliphatic rings. The number of azo groups is 1. The maximum atomic E-state index is 12.6. The lowest BCUT2D eigenvalue weighted by Gasteiger charge is -2.11. The Morgan fingerprint density at radius 1 is 1.41 bits per heavy atom. The Hall–Kier alpha value is -3.29. The van der Waals surface area contributed by atoms with Gasteiger partial charge in [-0.05, 0) is 31.2 Å². The number of nitrogens with one attached hydrogen (secondary N) is 1. The van der Waals surface area contributed by atoms with Gasteiger partial charge in [0.05, 0.1) is 12.1 Å². The third-order valence-electron chi connectivity index (χ3n) is 4.27. The summed E-state index contributed by atoms with van der Waals surface area (Å²) in [5, 5.41) is 27.4. The maximum absolute atomic E-state index is 12.6. The number of ether oxygens (including phenoxy) is 1. The lowest BCUT2D eigenvalue weighted by molar-refractivity contribution is -0.118. The molecule has 2 heterocycles. The summed E-state index contributed by atoms with van der Waals surface area (Å²) in [7, 11) is 1.46. The molecule has 1 amide bonds. The number of carbonyl (C=O) groups excluding carboxylic acids is 1. The minimum absolute atomic E-state index is 0.0821. The second kappa shape index (κ2) is 8.38. The second-order valence-corrected chi connectivity index (χ2v) is 7.14. The Kier molecular flexibility index (Phi) is 5.91. The molecule has 0 spiro atoms. The van der Waals surface area contributed by atoms with Crippen molar-refractivity contribution in [3.8, 4) is 11.9 Å². The SMILES string of the molecule is COCc1cc(C)n(CC(=O)N=Nc2c(O)[nH]c3ccc(Br)cc23)c(=O)c1C#N. The highest BCUT2D eigenvalue weighted by atomic mass is 79.9. The molecule has 0 bridgehead atoms. The van der Waals surface area contributed by atoms with E-state index in [-0.39, 0.29) is 30.3 Å². The van der Waals surface area contributed by atoms with E-state index in [1.54, 1.807) is 31.2 Å². The monoisotopic (exact) mass is 457 g/mol. The number of pyridine rings is 1. The van der Waals surface area contributed by atoms with Crippen molar-refractivity contribution in [3.05, 3.63) is 55.9 Å². The number of amides is 1. The predicted octanol–water partition coefficient (Wildman–Crippen LogP) is 3.43. The first-order chi connectivity index (χ1) is 13.8. The van der Waals surface area contributed by atoms with Crippen molar-refractivity contribution in [3.63, 3.8) is 0 Å². The summed E-state index contributed by atoms with van der Waals surface area (Å²) in [5.74, 6) is -0.930. The Morgan fingerprint density at radius 2 is 2.17 bits per heavy atom. The van der Waals surface area contributed by atoms with Crippen molar-refractivity contribution in [2.24, 2.45) is 10.2 Å². The number of aryl methyl sites for hydroxylation is 1. The van der Waals surface area contributed by atoms with E-state index in [2.05, 4.69) is 31.1 Å². The van der Waals surface area contributed by atoms with Gasteiger partial charge in [-0.3, -0.25) is 9.59 Å². The van der Waals surface area contributed by atoms with Crippen LogP contribution in [-0.4, -0.2) is 27.7 Å². The van der Waals surface area contributed by atoms with Crippen LogP contribution >= 0.6 is 15.9 Å². The Bertz CT molecular complexity index is 1240. The van der Waals surface area contributed by atoms with Gasteiger partial charge in [0.25, 0.3) is 11.5 Å². The average molecular weight is 458 g/mol. The molecular formula is C19H16BrN5O4. The highest BCUT2D eigenvalue weighted by Gasteiger charge is 2.16. The van der Waals surface area contributed by atoms with Gasteiger partial charge in [-0.15, -0.1) is 10.2 Å². The first-order valence-electron chi connectivity index (χ1n) is 8.42. The van der Waals surface area contributed by atoms with Crippen molar-refractivity contribution in [2.75, 3.05) is 7.11 Å². The number of hydrogen-bond acceptors (Lipinski definition) is 6. The summed E-state index contributed by atoms with van der Waals surface area (Å²) in [4.78, 5) is 27.6. The van der Waals surface area contributed by atoms with Gasteiger partial charge in [0.15, 0.2) is 5.69 Å². The van der Waals surface area contributed by atoms with E-state index in [4.69, 9.17) is 4.74 Å². The van der Waals surface area contributed by atoms with Gasteiger partial charge in [-0.25, -0.2) is 0 Å². The summed E-state index contributed by atoms with van der Waals surface area (Å²) in [6.07, 6.45) is 0. The number of aromatic hydroxyl groups is 1. The number of rotatable bonds is 5. The average Bonchev–Trinajstić information content (AvgIpc) is 2.98. The van der Waals surface area contributed by atoms with Crippen molar-refractivity contribution >= 4 is 38.4 Å². The van der Waals surface area contributed by atoms with Gasteiger partial charge in [-0.1, -0.05) is 15.9 Å². The van der Waals surface area contributed by atoms with Crippen LogP contribution in [0.3, 0.4) is 0 Å². The molecule has 10 heteroatoms. The molecule has 9 nitrogen and oxygen atoms in total. The van der Waals surface area contributed by atoms with E-state index in [0.29, 0.717) is 22.2 Å². The van der Waals surface area contributed by atoms with Crippen LogP contribution < -0.4 is 5.56 Å². The second-order valence-electron chi connectivity index (χ2n) is 6.23. The molecule has 3 rings (SSSR count). The van der Waals surface area contributed by atoms with E-state index in [9.17, 15) is 20.0 Å². The first kappa shape index (κ1) is 20.4. The maximum Gasteiger partial charge on any atom is 0.284 e. The molecule has 0 unspecified atom stereocenters. The number of hydrogen-bond donors (Lipinski definition) is 2. The number of methoxy groups -OCH3 is 1. The van der Waals surface area contributed by atoms with Crippen LogP contribution in [0, 0.1) is 18.3 Å². The summed E-state index contributed by atoms with van der Waals surface area (Å²) < 4.78 is 6.94.